The molecular formula is C18H20FN3O3S. The minimum absolute atomic E-state index is 0.00738. The normalized spacial score (nSPS) is 16.4. The third-order valence-corrected chi connectivity index (χ3v) is 5.84. The van der Waals surface area contributed by atoms with E-state index in [0.717, 1.165) is 32.0 Å². The van der Waals surface area contributed by atoms with Crippen molar-refractivity contribution in [1.82, 2.24) is 9.88 Å². The number of aromatic nitrogens is 1. The van der Waals surface area contributed by atoms with E-state index >= 15 is 0 Å². The topological polar surface area (TPSA) is 79.4 Å². The molecule has 0 aliphatic carbocycles. The first-order valence-electron chi connectivity index (χ1n) is 8.34. The zero-order chi connectivity index (χ0) is 18.7. The van der Waals surface area contributed by atoms with Gasteiger partial charge in [-0.1, -0.05) is 18.2 Å². The van der Waals surface area contributed by atoms with E-state index in [9.17, 15) is 17.6 Å². The van der Waals surface area contributed by atoms with Crippen molar-refractivity contribution in [2.75, 3.05) is 24.9 Å². The predicted octanol–water partition coefficient (Wildman–Crippen LogP) is 2.55. The number of carbonyl (C=O) groups is 1. The number of halogens is 1. The second kappa shape index (κ2) is 7.51. The summed E-state index contributed by atoms with van der Waals surface area (Å²) in [6.07, 6.45) is 1.50. The highest BCUT2D eigenvalue weighted by Crippen LogP contribution is 2.22. The molecule has 0 amide bonds. The van der Waals surface area contributed by atoms with Gasteiger partial charge in [0.25, 0.3) is 10.0 Å². The van der Waals surface area contributed by atoms with Gasteiger partial charge < -0.3 is 4.90 Å². The molecule has 1 N–H and O–H groups in total. The van der Waals surface area contributed by atoms with Crippen LogP contribution in [0.2, 0.25) is 0 Å². The van der Waals surface area contributed by atoms with Gasteiger partial charge in [0.05, 0.1) is 0 Å². The molecule has 1 aliphatic heterocycles. The lowest BCUT2D eigenvalue weighted by molar-refractivity contribution is 0.0851. The Balaban J connectivity index is 1.79. The van der Waals surface area contributed by atoms with Crippen molar-refractivity contribution in [2.24, 2.45) is 5.92 Å². The molecule has 8 heteroatoms. The first-order chi connectivity index (χ1) is 12.4. The van der Waals surface area contributed by atoms with Crippen molar-refractivity contribution in [3.8, 4) is 0 Å². The van der Waals surface area contributed by atoms with Crippen LogP contribution >= 0.6 is 0 Å². The fraction of sp³-hybridized carbons (Fsp3) is 0.333. The first-order valence-corrected chi connectivity index (χ1v) is 9.82. The SMILES string of the molecule is CN1CCC(C(=O)c2cccc(NS(=O)(=O)c3ccccc3F)n2)CC1. The van der Waals surface area contributed by atoms with Crippen LogP contribution in [0.1, 0.15) is 23.3 Å². The zero-order valence-electron chi connectivity index (χ0n) is 14.4. The van der Waals surface area contributed by atoms with E-state index in [-0.39, 0.29) is 23.2 Å². The minimum Gasteiger partial charge on any atom is -0.306 e. The maximum atomic E-state index is 13.8. The molecule has 0 atom stereocenters. The van der Waals surface area contributed by atoms with Crippen LogP contribution in [0, 0.1) is 11.7 Å². The molecule has 1 fully saturated rings. The van der Waals surface area contributed by atoms with Gasteiger partial charge in [-0.05, 0) is 57.2 Å². The van der Waals surface area contributed by atoms with Crippen LogP contribution in [-0.4, -0.2) is 44.2 Å². The molecule has 2 heterocycles. The van der Waals surface area contributed by atoms with E-state index in [1.54, 1.807) is 12.1 Å². The number of rotatable bonds is 5. The van der Waals surface area contributed by atoms with E-state index < -0.39 is 20.7 Å². The summed E-state index contributed by atoms with van der Waals surface area (Å²) in [5.74, 6) is -1.06. The number of piperidine rings is 1. The molecule has 1 aromatic carbocycles. The van der Waals surface area contributed by atoms with Crippen LogP contribution in [0.3, 0.4) is 0 Å². The lowest BCUT2D eigenvalue weighted by Gasteiger charge is -2.27. The van der Waals surface area contributed by atoms with Crippen molar-refractivity contribution >= 4 is 21.6 Å². The molecule has 0 spiro atoms. The van der Waals surface area contributed by atoms with Gasteiger partial charge in [0.2, 0.25) is 0 Å². The van der Waals surface area contributed by atoms with Crippen LogP contribution in [0.4, 0.5) is 10.2 Å². The van der Waals surface area contributed by atoms with Gasteiger partial charge in [-0.3, -0.25) is 9.52 Å². The Kier molecular flexibility index (Phi) is 5.33. The Bertz CT molecular complexity index is 909. The highest BCUT2D eigenvalue weighted by atomic mass is 32.2. The van der Waals surface area contributed by atoms with E-state index in [2.05, 4.69) is 14.6 Å². The van der Waals surface area contributed by atoms with Gasteiger partial charge in [0, 0.05) is 5.92 Å². The van der Waals surface area contributed by atoms with Gasteiger partial charge >= 0.3 is 0 Å². The van der Waals surface area contributed by atoms with Crippen molar-refractivity contribution in [1.29, 1.82) is 0 Å². The van der Waals surface area contributed by atoms with Crippen molar-refractivity contribution in [3.05, 3.63) is 54.0 Å². The molecular weight excluding hydrogens is 357 g/mol. The average molecular weight is 377 g/mol. The Hall–Kier alpha value is -2.32. The van der Waals surface area contributed by atoms with Crippen LogP contribution < -0.4 is 4.72 Å². The van der Waals surface area contributed by atoms with Crippen LogP contribution in [0.25, 0.3) is 0 Å². The maximum absolute atomic E-state index is 13.8. The molecule has 0 unspecified atom stereocenters. The Morgan fingerprint density at radius 2 is 1.85 bits per heavy atom. The molecule has 2 aromatic rings. The predicted molar refractivity (Wildman–Crippen MR) is 96.0 cm³/mol. The molecule has 1 saturated heterocycles. The molecule has 3 rings (SSSR count). The summed E-state index contributed by atoms with van der Waals surface area (Å²) in [6.45, 7) is 1.69. The number of hydrogen-bond donors (Lipinski definition) is 1. The third-order valence-electron chi connectivity index (χ3n) is 4.46. The Labute approximate surface area is 152 Å². The van der Waals surface area contributed by atoms with E-state index in [1.807, 2.05) is 7.05 Å². The zero-order valence-corrected chi connectivity index (χ0v) is 15.2. The molecule has 1 aliphatic rings. The molecule has 0 bridgehead atoms. The first kappa shape index (κ1) is 18.5. The minimum atomic E-state index is -4.12. The quantitative estimate of drug-likeness (QED) is 0.810. The molecule has 138 valence electrons. The molecule has 1 aromatic heterocycles. The van der Waals surface area contributed by atoms with Crippen molar-refractivity contribution in [3.63, 3.8) is 0 Å². The summed E-state index contributed by atoms with van der Waals surface area (Å²) < 4.78 is 40.7. The second-order valence-electron chi connectivity index (χ2n) is 6.39. The number of nitrogens with one attached hydrogen (secondary N) is 1. The van der Waals surface area contributed by atoms with Gasteiger partial charge in [-0.2, -0.15) is 0 Å². The van der Waals surface area contributed by atoms with Gasteiger partial charge in [-0.25, -0.2) is 17.8 Å². The number of hydrogen-bond acceptors (Lipinski definition) is 5. The monoisotopic (exact) mass is 377 g/mol. The summed E-state index contributed by atoms with van der Waals surface area (Å²) in [4.78, 5) is 18.5. The number of carbonyl (C=O) groups excluding carboxylic acids is 1. The van der Waals surface area contributed by atoms with Crippen molar-refractivity contribution in [2.45, 2.75) is 17.7 Å². The summed E-state index contributed by atoms with van der Waals surface area (Å²) in [6, 6.07) is 9.66. The number of sulfonamides is 1. The number of pyridine rings is 1. The van der Waals surface area contributed by atoms with Crippen LogP contribution in [-0.2, 0) is 10.0 Å². The summed E-state index contributed by atoms with van der Waals surface area (Å²) >= 11 is 0. The number of Topliss-reactive ketones (excluding diaryl/α,β-unsaturated/α-hetero) is 1. The van der Waals surface area contributed by atoms with E-state index in [0.29, 0.717) is 0 Å². The Morgan fingerprint density at radius 1 is 1.15 bits per heavy atom. The van der Waals surface area contributed by atoms with Gasteiger partial charge in [0.15, 0.2) is 5.78 Å². The fourth-order valence-corrected chi connectivity index (χ4v) is 4.05. The number of nitrogens with zero attached hydrogens (tertiary/aromatic N) is 2. The molecule has 26 heavy (non-hydrogen) atoms. The molecule has 0 saturated carbocycles. The number of anilines is 1. The van der Waals surface area contributed by atoms with Gasteiger partial charge in [-0.15, -0.1) is 0 Å². The largest absolute Gasteiger partial charge is 0.306 e. The highest BCUT2D eigenvalue weighted by Gasteiger charge is 2.26. The maximum Gasteiger partial charge on any atom is 0.265 e. The highest BCUT2D eigenvalue weighted by molar-refractivity contribution is 7.92. The van der Waals surface area contributed by atoms with Gasteiger partial charge in [0.1, 0.15) is 22.2 Å². The Morgan fingerprint density at radius 3 is 2.54 bits per heavy atom. The third kappa shape index (κ3) is 4.08. The number of likely N-dealkylation sites (tertiary alicyclic amines) is 1. The molecule has 6 nitrogen and oxygen atoms in total. The lowest BCUT2D eigenvalue weighted by Crippen LogP contribution is -2.33. The van der Waals surface area contributed by atoms with Crippen molar-refractivity contribution < 1.29 is 17.6 Å². The summed E-state index contributed by atoms with van der Waals surface area (Å²) in [7, 11) is -2.11. The summed E-state index contributed by atoms with van der Waals surface area (Å²) in [5.41, 5.74) is 0.216. The van der Waals surface area contributed by atoms with E-state index in [4.69, 9.17) is 0 Å². The smallest absolute Gasteiger partial charge is 0.265 e. The van der Waals surface area contributed by atoms with Crippen LogP contribution in [0.15, 0.2) is 47.4 Å². The number of benzene rings is 1. The fourth-order valence-electron chi connectivity index (χ4n) is 2.96. The second-order valence-corrected chi connectivity index (χ2v) is 8.04. The average Bonchev–Trinajstić information content (AvgIpc) is 2.62. The molecule has 0 radical (unpaired) electrons. The van der Waals surface area contributed by atoms with Crippen LogP contribution in [0.5, 0.6) is 0 Å². The lowest BCUT2D eigenvalue weighted by atomic mass is 9.91. The summed E-state index contributed by atoms with van der Waals surface area (Å²) in [5, 5.41) is 0. The number of ketones is 1. The standard InChI is InChI=1S/C18H20FN3O3S/c1-22-11-9-13(10-12-22)18(23)15-6-4-8-17(20-15)21-26(24,25)16-7-3-2-5-14(16)19/h2-8,13H,9-12H2,1H3,(H,20,21). The van der Waals surface area contributed by atoms with E-state index in [1.165, 1.54) is 24.3 Å².